The number of rotatable bonds is 4. The molecule has 1 aromatic heterocycles. The van der Waals surface area contributed by atoms with Crippen molar-refractivity contribution in [2.75, 3.05) is 6.54 Å². The average molecular weight is 259 g/mol. The third-order valence-corrected chi connectivity index (χ3v) is 4.90. The highest BCUT2D eigenvalue weighted by molar-refractivity contribution is 5.15. The molecule has 0 amide bonds. The highest BCUT2D eigenvalue weighted by Gasteiger charge is 2.42. The van der Waals surface area contributed by atoms with Crippen molar-refractivity contribution in [3.63, 3.8) is 0 Å². The van der Waals surface area contributed by atoms with E-state index < -0.39 is 0 Å². The molecule has 3 nitrogen and oxygen atoms in total. The minimum atomic E-state index is 0.508. The lowest BCUT2D eigenvalue weighted by Gasteiger charge is -2.42. The molecule has 0 spiro atoms. The third-order valence-electron chi connectivity index (χ3n) is 4.90. The summed E-state index contributed by atoms with van der Waals surface area (Å²) in [5, 5.41) is 3.65. The van der Waals surface area contributed by atoms with E-state index >= 15 is 0 Å². The quantitative estimate of drug-likeness (QED) is 0.901. The maximum Gasteiger partial charge on any atom is 0.0341 e. The van der Waals surface area contributed by atoms with Crippen LogP contribution in [0.3, 0.4) is 0 Å². The molecule has 1 N–H and O–H groups in total. The first-order valence-electron chi connectivity index (χ1n) is 7.70. The lowest BCUT2D eigenvalue weighted by molar-refractivity contribution is 0.0774. The Hall–Kier alpha value is -0.930. The van der Waals surface area contributed by atoms with Crippen LogP contribution in [0.15, 0.2) is 24.5 Å². The molecule has 0 aromatic carbocycles. The molecule has 104 valence electrons. The van der Waals surface area contributed by atoms with E-state index in [-0.39, 0.29) is 0 Å². The zero-order chi connectivity index (χ0) is 13.2. The van der Waals surface area contributed by atoms with E-state index in [2.05, 4.69) is 41.2 Å². The van der Waals surface area contributed by atoms with Crippen molar-refractivity contribution in [2.45, 2.75) is 63.7 Å². The number of fused-ring (bicyclic) bond motifs is 2. The van der Waals surface area contributed by atoms with Crippen LogP contribution >= 0.6 is 0 Å². The molecule has 19 heavy (non-hydrogen) atoms. The topological polar surface area (TPSA) is 28.2 Å². The fourth-order valence-corrected chi connectivity index (χ4v) is 4.10. The number of piperidine rings is 1. The Morgan fingerprint density at radius 3 is 2.68 bits per heavy atom. The van der Waals surface area contributed by atoms with Gasteiger partial charge in [-0.25, -0.2) is 0 Å². The van der Waals surface area contributed by atoms with Gasteiger partial charge in [0.15, 0.2) is 0 Å². The van der Waals surface area contributed by atoms with Gasteiger partial charge in [-0.05, 0) is 50.8 Å². The summed E-state index contributed by atoms with van der Waals surface area (Å²) in [6.45, 7) is 5.66. The number of aromatic nitrogens is 1. The molecule has 0 saturated carbocycles. The standard InChI is InChI=1S/C16H25N3/c1-3-18-14-9-15-6-7-16(10-14)19(15)12(2)13-5-4-8-17-11-13/h4-5,8,11-12,14-16,18H,3,6-7,9-10H2,1-2H3. The molecule has 3 rings (SSSR count). The maximum absolute atomic E-state index is 4.28. The molecular formula is C16H25N3. The summed E-state index contributed by atoms with van der Waals surface area (Å²) < 4.78 is 0. The van der Waals surface area contributed by atoms with Gasteiger partial charge in [0.2, 0.25) is 0 Å². The van der Waals surface area contributed by atoms with E-state index in [0.717, 1.165) is 24.7 Å². The summed E-state index contributed by atoms with van der Waals surface area (Å²) in [6, 6.07) is 7.04. The lowest BCUT2D eigenvalue weighted by Crippen LogP contribution is -2.49. The molecule has 3 heteroatoms. The Kier molecular flexibility index (Phi) is 3.85. The van der Waals surface area contributed by atoms with Crippen LogP contribution in [0.2, 0.25) is 0 Å². The van der Waals surface area contributed by atoms with Crippen LogP contribution in [-0.4, -0.2) is 34.6 Å². The summed E-state index contributed by atoms with van der Waals surface area (Å²) in [5.41, 5.74) is 1.36. The van der Waals surface area contributed by atoms with Crippen LogP contribution in [0.1, 0.15) is 51.1 Å². The number of nitrogens with zero attached hydrogens (tertiary/aromatic N) is 2. The minimum absolute atomic E-state index is 0.508. The highest BCUT2D eigenvalue weighted by atomic mass is 15.3. The molecule has 0 radical (unpaired) electrons. The van der Waals surface area contributed by atoms with Gasteiger partial charge < -0.3 is 5.32 Å². The second kappa shape index (κ2) is 5.59. The van der Waals surface area contributed by atoms with Gasteiger partial charge in [0.25, 0.3) is 0 Å². The van der Waals surface area contributed by atoms with E-state index in [1.807, 2.05) is 12.4 Å². The fourth-order valence-electron chi connectivity index (χ4n) is 4.10. The Labute approximate surface area is 116 Å². The first-order chi connectivity index (χ1) is 9.29. The van der Waals surface area contributed by atoms with Gasteiger partial charge in [0.1, 0.15) is 0 Å². The molecule has 2 aliphatic rings. The van der Waals surface area contributed by atoms with E-state index in [4.69, 9.17) is 0 Å². The van der Waals surface area contributed by atoms with Crippen LogP contribution in [0.25, 0.3) is 0 Å². The monoisotopic (exact) mass is 259 g/mol. The van der Waals surface area contributed by atoms with Gasteiger partial charge in [-0.15, -0.1) is 0 Å². The van der Waals surface area contributed by atoms with Gasteiger partial charge in [-0.2, -0.15) is 0 Å². The van der Waals surface area contributed by atoms with Crippen molar-refractivity contribution in [1.82, 2.24) is 15.2 Å². The third kappa shape index (κ3) is 2.54. The smallest absolute Gasteiger partial charge is 0.0341 e. The van der Waals surface area contributed by atoms with Crippen molar-refractivity contribution >= 4 is 0 Å². The number of nitrogens with one attached hydrogen (secondary N) is 1. The summed E-state index contributed by atoms with van der Waals surface area (Å²) in [4.78, 5) is 7.03. The number of pyridine rings is 1. The van der Waals surface area contributed by atoms with Crippen LogP contribution in [0.4, 0.5) is 0 Å². The summed E-state index contributed by atoms with van der Waals surface area (Å²) in [7, 11) is 0. The van der Waals surface area contributed by atoms with E-state index in [9.17, 15) is 0 Å². The zero-order valence-electron chi connectivity index (χ0n) is 12.0. The average Bonchev–Trinajstić information content (AvgIpc) is 2.71. The van der Waals surface area contributed by atoms with E-state index in [0.29, 0.717) is 6.04 Å². The first-order valence-corrected chi connectivity index (χ1v) is 7.70. The predicted molar refractivity (Wildman–Crippen MR) is 78.0 cm³/mol. The van der Waals surface area contributed by atoms with Gasteiger partial charge in [0, 0.05) is 36.6 Å². The van der Waals surface area contributed by atoms with Crippen molar-refractivity contribution in [3.8, 4) is 0 Å². The second-order valence-corrected chi connectivity index (χ2v) is 6.02. The predicted octanol–water partition coefficient (Wildman–Crippen LogP) is 2.75. The van der Waals surface area contributed by atoms with Crippen molar-refractivity contribution < 1.29 is 0 Å². The van der Waals surface area contributed by atoms with E-state index in [1.165, 1.54) is 31.2 Å². The Morgan fingerprint density at radius 1 is 1.37 bits per heavy atom. The van der Waals surface area contributed by atoms with Crippen molar-refractivity contribution in [1.29, 1.82) is 0 Å². The second-order valence-electron chi connectivity index (χ2n) is 6.02. The van der Waals surface area contributed by atoms with Crippen LogP contribution in [-0.2, 0) is 0 Å². The lowest BCUT2D eigenvalue weighted by atomic mass is 9.94. The van der Waals surface area contributed by atoms with Crippen LogP contribution in [0.5, 0.6) is 0 Å². The van der Waals surface area contributed by atoms with Gasteiger partial charge in [-0.1, -0.05) is 13.0 Å². The summed E-state index contributed by atoms with van der Waals surface area (Å²) in [6.07, 6.45) is 9.26. The van der Waals surface area contributed by atoms with Gasteiger partial charge in [0.05, 0.1) is 0 Å². The molecule has 1 aromatic rings. The molecule has 0 aliphatic carbocycles. The number of hydrogen-bond donors (Lipinski definition) is 1. The Morgan fingerprint density at radius 2 is 2.11 bits per heavy atom. The summed E-state index contributed by atoms with van der Waals surface area (Å²) in [5.74, 6) is 0. The largest absolute Gasteiger partial charge is 0.314 e. The molecule has 3 unspecified atom stereocenters. The molecule has 3 heterocycles. The molecule has 2 saturated heterocycles. The maximum atomic E-state index is 4.28. The Balaban J connectivity index is 1.73. The molecule has 2 fully saturated rings. The Bertz CT molecular complexity index is 392. The van der Waals surface area contributed by atoms with Crippen molar-refractivity contribution in [3.05, 3.63) is 30.1 Å². The molecule has 3 atom stereocenters. The summed E-state index contributed by atoms with van der Waals surface area (Å²) >= 11 is 0. The molecule has 2 bridgehead atoms. The van der Waals surface area contributed by atoms with Gasteiger partial charge >= 0.3 is 0 Å². The first kappa shape index (κ1) is 13.1. The SMILES string of the molecule is CCNC1CC2CCC(C1)N2C(C)c1cccnc1. The normalized spacial score (nSPS) is 32.4. The van der Waals surface area contributed by atoms with E-state index in [1.54, 1.807) is 0 Å². The van der Waals surface area contributed by atoms with Crippen molar-refractivity contribution in [2.24, 2.45) is 0 Å². The zero-order valence-corrected chi connectivity index (χ0v) is 12.0. The van der Waals surface area contributed by atoms with Crippen LogP contribution < -0.4 is 5.32 Å². The fraction of sp³-hybridized carbons (Fsp3) is 0.688. The number of hydrogen-bond acceptors (Lipinski definition) is 3. The molecule has 2 aliphatic heterocycles. The van der Waals surface area contributed by atoms with Crippen LogP contribution in [0, 0.1) is 0 Å². The molecular weight excluding hydrogens is 234 g/mol. The minimum Gasteiger partial charge on any atom is -0.314 e. The highest BCUT2D eigenvalue weighted by Crippen LogP contribution is 2.41. The van der Waals surface area contributed by atoms with Gasteiger partial charge in [-0.3, -0.25) is 9.88 Å².